The lowest BCUT2D eigenvalue weighted by Gasteiger charge is -2.28. The highest BCUT2D eigenvalue weighted by Crippen LogP contribution is 2.35. The van der Waals surface area contributed by atoms with Crippen molar-refractivity contribution in [3.8, 4) is 11.5 Å². The van der Waals surface area contributed by atoms with Crippen LogP contribution in [-0.2, 0) is 27.2 Å². The molecule has 0 saturated heterocycles. The lowest BCUT2D eigenvalue weighted by Crippen LogP contribution is -2.31. The predicted octanol–water partition coefficient (Wildman–Crippen LogP) is 3.29. The zero-order valence-electron chi connectivity index (χ0n) is 20.1. The fourth-order valence-electron chi connectivity index (χ4n) is 4.45. The number of carboxylic acids is 1. The van der Waals surface area contributed by atoms with Gasteiger partial charge in [-0.15, -0.1) is 0 Å². The van der Waals surface area contributed by atoms with Gasteiger partial charge in [-0.05, 0) is 43.0 Å². The first-order chi connectivity index (χ1) is 16.3. The van der Waals surface area contributed by atoms with E-state index in [0.29, 0.717) is 22.6 Å². The maximum absolute atomic E-state index is 12.2. The maximum atomic E-state index is 12.2. The van der Waals surface area contributed by atoms with Crippen molar-refractivity contribution in [3.63, 3.8) is 0 Å². The highest BCUT2D eigenvalue weighted by Gasteiger charge is 2.29. The third-order valence-electron chi connectivity index (χ3n) is 6.24. The van der Waals surface area contributed by atoms with Gasteiger partial charge in [0.1, 0.15) is 23.7 Å². The van der Waals surface area contributed by atoms with Crippen molar-refractivity contribution in [2.24, 2.45) is 0 Å². The molecule has 2 atom stereocenters. The van der Waals surface area contributed by atoms with Crippen molar-refractivity contribution in [1.82, 2.24) is 4.57 Å². The number of nitrogens with zero attached hydrogens (tertiary/aromatic N) is 1. The smallest absolute Gasteiger partial charge is 0.339 e. The molecule has 2 aromatic rings. The monoisotopic (exact) mass is 475 g/mol. The van der Waals surface area contributed by atoms with E-state index in [1.807, 2.05) is 6.92 Å². The van der Waals surface area contributed by atoms with Crippen LogP contribution in [0, 0.1) is 6.92 Å². The zero-order valence-corrected chi connectivity index (χ0v) is 20.1. The van der Waals surface area contributed by atoms with E-state index >= 15 is 0 Å². The Morgan fingerprint density at radius 1 is 1.09 bits per heavy atom. The molecule has 34 heavy (non-hydrogen) atoms. The van der Waals surface area contributed by atoms with E-state index in [0.717, 1.165) is 31.2 Å². The summed E-state index contributed by atoms with van der Waals surface area (Å²) in [5, 5.41) is 20.6. The number of aliphatic hydroxyl groups is 1. The number of carbonyl (C=O) groups is 2. The normalized spacial score (nSPS) is 15.7. The van der Waals surface area contributed by atoms with E-state index in [4.69, 9.17) is 18.9 Å². The fourth-order valence-corrected chi connectivity index (χ4v) is 4.45. The van der Waals surface area contributed by atoms with Crippen LogP contribution in [-0.4, -0.2) is 60.3 Å². The number of aliphatic hydroxyl groups excluding tert-OH is 1. The highest BCUT2D eigenvalue weighted by atomic mass is 16.5. The molecule has 1 aromatic carbocycles. The molecular formula is C25H33NO8. The second-order valence-electron chi connectivity index (χ2n) is 8.53. The molecule has 1 aliphatic rings. The van der Waals surface area contributed by atoms with Gasteiger partial charge < -0.3 is 33.7 Å². The standard InChI is InChI=1S/C25H33NO8/c1-15-20(31-2)9-16(10-21(15)32-3)24(29)22(34-18-7-5-6-8-18)14-26-12-17(11-23(27)28)19(13-26)25(30)33-4/h9-10,12-13,18,22,24,29H,5-8,11,14H2,1-4H3,(H,27,28)/t22-,24+/m0/s1. The molecule has 0 radical (unpaired) electrons. The number of methoxy groups -OCH3 is 3. The number of benzene rings is 1. The molecule has 1 aliphatic carbocycles. The molecule has 9 heteroatoms. The van der Waals surface area contributed by atoms with E-state index in [1.54, 1.807) is 37.1 Å². The third-order valence-corrected chi connectivity index (χ3v) is 6.24. The Bertz CT molecular complexity index is 983. The fraction of sp³-hybridized carbons (Fsp3) is 0.520. The van der Waals surface area contributed by atoms with E-state index in [2.05, 4.69) is 0 Å². The summed E-state index contributed by atoms with van der Waals surface area (Å²) < 4.78 is 23.7. The van der Waals surface area contributed by atoms with Gasteiger partial charge in [-0.2, -0.15) is 0 Å². The number of rotatable bonds is 11. The SMILES string of the molecule is COC(=O)c1cn(C[C@H](OC2CCCC2)[C@H](O)c2cc(OC)c(C)c(OC)c2)cc1CC(=O)O. The number of carbonyl (C=O) groups excluding carboxylic acids is 1. The summed E-state index contributed by atoms with van der Waals surface area (Å²) in [5.41, 5.74) is 1.92. The molecule has 1 saturated carbocycles. The molecule has 186 valence electrons. The Morgan fingerprint density at radius 3 is 2.24 bits per heavy atom. The first-order valence-corrected chi connectivity index (χ1v) is 11.3. The average Bonchev–Trinajstić information content (AvgIpc) is 3.47. The number of esters is 1. The Morgan fingerprint density at radius 2 is 1.71 bits per heavy atom. The Balaban J connectivity index is 1.95. The molecule has 1 aromatic heterocycles. The van der Waals surface area contributed by atoms with Crippen LogP contribution >= 0.6 is 0 Å². The maximum Gasteiger partial charge on any atom is 0.339 e. The minimum absolute atomic E-state index is 0.0167. The van der Waals surface area contributed by atoms with Crippen molar-refractivity contribution >= 4 is 11.9 Å². The van der Waals surface area contributed by atoms with Crippen LogP contribution in [0.1, 0.15) is 58.8 Å². The molecule has 0 amide bonds. The van der Waals surface area contributed by atoms with Crippen molar-refractivity contribution in [1.29, 1.82) is 0 Å². The van der Waals surface area contributed by atoms with Crippen LogP contribution in [0.5, 0.6) is 11.5 Å². The van der Waals surface area contributed by atoms with Crippen molar-refractivity contribution in [2.45, 2.75) is 63.9 Å². The third kappa shape index (κ3) is 5.90. The number of aliphatic carboxylic acids is 1. The van der Waals surface area contributed by atoms with Gasteiger partial charge in [-0.1, -0.05) is 12.8 Å². The van der Waals surface area contributed by atoms with E-state index in [1.165, 1.54) is 13.3 Å². The van der Waals surface area contributed by atoms with Crippen molar-refractivity contribution < 1.29 is 38.7 Å². The van der Waals surface area contributed by atoms with Crippen molar-refractivity contribution in [3.05, 3.63) is 46.8 Å². The summed E-state index contributed by atoms with van der Waals surface area (Å²) in [6.07, 6.45) is 5.11. The quantitative estimate of drug-likeness (QED) is 0.476. The van der Waals surface area contributed by atoms with Crippen LogP contribution in [0.2, 0.25) is 0 Å². The molecular weight excluding hydrogens is 442 g/mol. The average molecular weight is 476 g/mol. The van der Waals surface area contributed by atoms with Gasteiger partial charge in [-0.3, -0.25) is 4.79 Å². The molecule has 1 fully saturated rings. The summed E-state index contributed by atoms with van der Waals surface area (Å²) in [5.74, 6) is -0.492. The topological polar surface area (TPSA) is 116 Å². The van der Waals surface area contributed by atoms with Gasteiger partial charge in [0.15, 0.2) is 0 Å². The van der Waals surface area contributed by atoms with Gasteiger partial charge >= 0.3 is 11.9 Å². The van der Waals surface area contributed by atoms with Crippen LogP contribution < -0.4 is 9.47 Å². The number of carboxylic acid groups (broad SMARTS) is 1. The minimum Gasteiger partial charge on any atom is -0.496 e. The number of ether oxygens (including phenoxy) is 4. The Labute approximate surface area is 199 Å². The summed E-state index contributed by atoms with van der Waals surface area (Å²) >= 11 is 0. The Hall–Kier alpha value is -3.04. The van der Waals surface area contributed by atoms with Gasteiger partial charge in [0.05, 0.1) is 46.0 Å². The van der Waals surface area contributed by atoms with E-state index in [9.17, 15) is 19.8 Å². The molecule has 0 unspecified atom stereocenters. The van der Waals surface area contributed by atoms with Gasteiger partial charge in [-0.25, -0.2) is 4.79 Å². The molecule has 9 nitrogen and oxygen atoms in total. The molecule has 3 rings (SSSR count). The van der Waals surface area contributed by atoms with Crippen LogP contribution in [0.15, 0.2) is 24.5 Å². The second kappa shape index (κ2) is 11.4. The summed E-state index contributed by atoms with van der Waals surface area (Å²) in [6, 6.07) is 3.53. The van der Waals surface area contributed by atoms with Gasteiger partial charge in [0.2, 0.25) is 0 Å². The van der Waals surface area contributed by atoms with Crippen LogP contribution in [0.25, 0.3) is 0 Å². The molecule has 2 N–H and O–H groups in total. The van der Waals surface area contributed by atoms with Gasteiger partial charge in [0.25, 0.3) is 0 Å². The molecule has 1 heterocycles. The molecule has 0 aliphatic heterocycles. The zero-order chi connectivity index (χ0) is 24.8. The van der Waals surface area contributed by atoms with Crippen LogP contribution in [0.4, 0.5) is 0 Å². The Kier molecular flexibility index (Phi) is 8.57. The lowest BCUT2D eigenvalue weighted by atomic mass is 10.0. The first kappa shape index (κ1) is 25.6. The predicted molar refractivity (Wildman–Crippen MR) is 123 cm³/mol. The summed E-state index contributed by atoms with van der Waals surface area (Å²) in [6.45, 7) is 2.08. The number of hydrogen-bond acceptors (Lipinski definition) is 7. The lowest BCUT2D eigenvalue weighted by molar-refractivity contribution is -0.136. The van der Waals surface area contributed by atoms with Gasteiger partial charge in [0, 0.05) is 18.0 Å². The minimum atomic E-state index is -1.06. The van der Waals surface area contributed by atoms with Crippen molar-refractivity contribution in [2.75, 3.05) is 21.3 Å². The van der Waals surface area contributed by atoms with E-state index < -0.39 is 24.1 Å². The van der Waals surface area contributed by atoms with E-state index in [-0.39, 0.29) is 24.6 Å². The number of aromatic nitrogens is 1. The molecule has 0 bridgehead atoms. The highest BCUT2D eigenvalue weighted by molar-refractivity contribution is 5.92. The second-order valence-corrected chi connectivity index (χ2v) is 8.53. The number of hydrogen-bond donors (Lipinski definition) is 2. The first-order valence-electron chi connectivity index (χ1n) is 11.3. The molecule has 0 spiro atoms. The largest absolute Gasteiger partial charge is 0.496 e. The summed E-state index contributed by atoms with van der Waals surface area (Å²) in [4.78, 5) is 23.5. The summed E-state index contributed by atoms with van der Waals surface area (Å²) in [7, 11) is 4.36. The van der Waals surface area contributed by atoms with Crippen LogP contribution in [0.3, 0.4) is 0 Å².